The summed E-state index contributed by atoms with van der Waals surface area (Å²) >= 11 is 0. The van der Waals surface area contributed by atoms with Gasteiger partial charge < -0.3 is 9.84 Å². The van der Waals surface area contributed by atoms with Crippen molar-refractivity contribution >= 4 is 17.5 Å². The molecule has 0 aliphatic heterocycles. The van der Waals surface area contributed by atoms with E-state index in [4.69, 9.17) is 0 Å². The molecule has 12 heteroatoms. The van der Waals surface area contributed by atoms with Crippen LogP contribution in [0, 0.1) is 29.2 Å². The third-order valence-electron chi connectivity index (χ3n) is 6.99. The average molecular weight is 605 g/mol. The van der Waals surface area contributed by atoms with Gasteiger partial charge in [-0.15, -0.1) is 0 Å². The van der Waals surface area contributed by atoms with Crippen LogP contribution in [-0.2, 0) is 26.3 Å². The quantitative estimate of drug-likeness (QED) is 0.207. The van der Waals surface area contributed by atoms with Crippen molar-refractivity contribution in [3.63, 3.8) is 0 Å². The van der Waals surface area contributed by atoms with Crippen LogP contribution in [0.1, 0.15) is 69.6 Å². The summed E-state index contributed by atoms with van der Waals surface area (Å²) < 4.78 is 60.7. The molecule has 0 saturated carbocycles. The summed E-state index contributed by atoms with van der Waals surface area (Å²) in [6.45, 7) is 6.78. The number of hydrogen-bond acceptors (Lipinski definition) is 6. The Bertz CT molecular complexity index is 1560. The molecular weight excluding hydrogens is 572 g/mol. The van der Waals surface area contributed by atoms with Crippen LogP contribution in [0.5, 0.6) is 5.75 Å². The van der Waals surface area contributed by atoms with Crippen LogP contribution in [0.4, 0.5) is 17.6 Å². The maximum absolute atomic E-state index is 13.9. The minimum Gasteiger partial charge on any atom is -0.481 e. The lowest BCUT2D eigenvalue weighted by Crippen LogP contribution is -2.32. The van der Waals surface area contributed by atoms with Crippen LogP contribution >= 0.6 is 0 Å². The zero-order valence-corrected chi connectivity index (χ0v) is 24.1. The summed E-state index contributed by atoms with van der Waals surface area (Å²) in [4.78, 5) is 51.0. The van der Waals surface area contributed by atoms with E-state index in [0.717, 1.165) is 11.1 Å². The molecule has 0 bridgehead atoms. The third-order valence-corrected chi connectivity index (χ3v) is 6.99. The molecule has 43 heavy (non-hydrogen) atoms. The van der Waals surface area contributed by atoms with Crippen LogP contribution in [0.3, 0.4) is 0 Å². The molecule has 0 amide bonds. The fourth-order valence-corrected chi connectivity index (χ4v) is 4.61. The number of carbonyl (C=O) groups is 3. The fraction of sp³-hybridized carbons (Fsp3) is 0.387. The highest BCUT2D eigenvalue weighted by Crippen LogP contribution is 2.28. The van der Waals surface area contributed by atoms with Gasteiger partial charge in [0.15, 0.2) is 23.2 Å². The van der Waals surface area contributed by atoms with Crippen LogP contribution in [0.25, 0.3) is 0 Å². The Hall–Kier alpha value is -4.35. The molecule has 8 nitrogen and oxygen atoms in total. The molecule has 0 aliphatic carbocycles. The number of halogens is 4. The van der Waals surface area contributed by atoms with Crippen molar-refractivity contribution in [2.75, 3.05) is 6.61 Å². The van der Waals surface area contributed by atoms with E-state index in [9.17, 15) is 41.8 Å². The molecule has 0 radical (unpaired) electrons. The molecule has 1 N–H and O–H groups in total. The lowest BCUT2D eigenvalue weighted by atomic mass is 9.85. The molecule has 0 fully saturated rings. The zero-order chi connectivity index (χ0) is 32.1. The highest BCUT2D eigenvalue weighted by atomic mass is 19.2. The van der Waals surface area contributed by atoms with Gasteiger partial charge in [0, 0.05) is 36.1 Å². The number of benzene rings is 2. The van der Waals surface area contributed by atoms with Gasteiger partial charge in [-0.05, 0) is 29.0 Å². The molecule has 2 aromatic carbocycles. The number of carbonyl (C=O) groups excluding carboxylic acids is 2. The maximum Gasteiger partial charge on any atom is 0.304 e. The molecule has 0 unspecified atom stereocenters. The van der Waals surface area contributed by atoms with Gasteiger partial charge in [0.25, 0.3) is 5.56 Å². The van der Waals surface area contributed by atoms with Crippen LogP contribution in [-0.4, -0.2) is 39.0 Å². The van der Waals surface area contributed by atoms with Gasteiger partial charge in [0.05, 0.1) is 13.0 Å². The normalized spacial score (nSPS) is 12.9. The standard InChI is InChI=1S/C31H32F4N2O6/c1-5-20(21-9-10-36-37(30(21)42)15-17-7-6-8-19(11-17)31(2,3)4)24(38)12-18(13-26(40)41)25(39)16-43-29-27(34)22(32)14-23(33)28(29)35/h6-11,14,18,20H,5,12-13,15-16H2,1-4H3,(H,40,41)/t18-,20-/m0/s1. The van der Waals surface area contributed by atoms with Crippen molar-refractivity contribution in [2.24, 2.45) is 5.92 Å². The zero-order valence-electron chi connectivity index (χ0n) is 24.1. The van der Waals surface area contributed by atoms with Gasteiger partial charge in [0.1, 0.15) is 12.4 Å². The molecule has 0 aliphatic rings. The van der Waals surface area contributed by atoms with Crippen molar-refractivity contribution in [1.82, 2.24) is 9.78 Å². The lowest BCUT2D eigenvalue weighted by Gasteiger charge is -2.20. The predicted molar refractivity (Wildman–Crippen MR) is 148 cm³/mol. The van der Waals surface area contributed by atoms with Crippen LogP contribution < -0.4 is 10.3 Å². The molecule has 0 spiro atoms. The Kier molecular flexibility index (Phi) is 10.6. The van der Waals surface area contributed by atoms with Crippen molar-refractivity contribution in [1.29, 1.82) is 0 Å². The predicted octanol–water partition coefficient (Wildman–Crippen LogP) is 5.34. The van der Waals surface area contributed by atoms with Gasteiger partial charge in [-0.1, -0.05) is 52.0 Å². The van der Waals surface area contributed by atoms with E-state index < -0.39 is 83.4 Å². The Morgan fingerprint density at radius 1 is 0.977 bits per heavy atom. The van der Waals surface area contributed by atoms with Gasteiger partial charge >= 0.3 is 5.97 Å². The first-order chi connectivity index (χ1) is 20.1. The number of carboxylic acid groups (broad SMARTS) is 1. The van der Waals surface area contributed by atoms with E-state index >= 15 is 0 Å². The Balaban J connectivity index is 1.82. The summed E-state index contributed by atoms with van der Waals surface area (Å²) in [5.41, 5.74) is 1.32. The summed E-state index contributed by atoms with van der Waals surface area (Å²) in [5.74, 6) is -14.4. The number of ether oxygens (including phenoxy) is 1. The van der Waals surface area contributed by atoms with E-state index in [1.54, 1.807) is 6.92 Å². The largest absolute Gasteiger partial charge is 0.481 e. The highest BCUT2D eigenvalue weighted by molar-refractivity contribution is 5.93. The second-order valence-corrected chi connectivity index (χ2v) is 11.2. The van der Waals surface area contributed by atoms with E-state index in [0.29, 0.717) is 0 Å². The number of hydrogen-bond donors (Lipinski definition) is 1. The van der Waals surface area contributed by atoms with Gasteiger partial charge in [-0.25, -0.2) is 13.5 Å². The number of ketones is 2. The molecular formula is C31H32F4N2O6. The number of nitrogens with zero attached hydrogens (tertiary/aromatic N) is 2. The van der Waals surface area contributed by atoms with Gasteiger partial charge in [-0.2, -0.15) is 13.9 Å². The topological polar surface area (TPSA) is 116 Å². The minimum atomic E-state index is -1.87. The van der Waals surface area contributed by atoms with Crippen LogP contribution in [0.15, 0.2) is 47.4 Å². The monoisotopic (exact) mass is 604 g/mol. The summed E-state index contributed by atoms with van der Waals surface area (Å²) in [5, 5.41) is 13.5. The molecule has 3 rings (SSSR count). The lowest BCUT2D eigenvalue weighted by molar-refractivity contribution is -0.141. The van der Waals surface area contributed by atoms with Crippen molar-refractivity contribution in [3.05, 3.63) is 92.9 Å². The fourth-order valence-electron chi connectivity index (χ4n) is 4.61. The third kappa shape index (κ3) is 8.14. The molecule has 2 atom stereocenters. The van der Waals surface area contributed by atoms with E-state index in [1.807, 2.05) is 24.3 Å². The first-order valence-electron chi connectivity index (χ1n) is 13.5. The SMILES string of the molecule is CC[C@H](C(=O)C[C@@H](CC(=O)O)C(=O)COc1c(F)c(F)cc(F)c1F)c1ccnn(Cc2cccc(C(C)(C)C)c2)c1=O. The molecule has 1 aromatic heterocycles. The first kappa shape index (κ1) is 33.2. The molecule has 0 saturated heterocycles. The summed E-state index contributed by atoms with van der Waals surface area (Å²) in [6.07, 6.45) is 0.0404. The number of carboxylic acids is 1. The first-order valence-corrected chi connectivity index (χ1v) is 13.5. The van der Waals surface area contributed by atoms with Crippen LogP contribution in [0.2, 0.25) is 0 Å². The summed E-state index contributed by atoms with van der Waals surface area (Å²) in [7, 11) is 0. The van der Waals surface area contributed by atoms with E-state index in [1.165, 1.54) is 16.9 Å². The van der Waals surface area contributed by atoms with Gasteiger partial charge in [0.2, 0.25) is 11.6 Å². The average Bonchev–Trinajstić information content (AvgIpc) is 2.93. The number of aliphatic carboxylic acids is 1. The number of rotatable bonds is 13. The van der Waals surface area contributed by atoms with E-state index in [-0.39, 0.29) is 30.0 Å². The number of aromatic nitrogens is 2. The minimum absolute atomic E-state index is 0.0355. The maximum atomic E-state index is 13.9. The van der Waals surface area contributed by atoms with E-state index in [2.05, 4.69) is 30.6 Å². The Labute approximate surface area is 245 Å². The molecule has 1 heterocycles. The van der Waals surface area contributed by atoms with Crippen molar-refractivity contribution in [2.45, 2.75) is 64.8 Å². The van der Waals surface area contributed by atoms with Gasteiger partial charge in [-0.3, -0.25) is 19.2 Å². The second kappa shape index (κ2) is 13.7. The Morgan fingerprint density at radius 2 is 1.63 bits per heavy atom. The smallest absolute Gasteiger partial charge is 0.304 e. The van der Waals surface area contributed by atoms with Crippen molar-refractivity contribution in [3.8, 4) is 5.75 Å². The second-order valence-electron chi connectivity index (χ2n) is 11.2. The highest BCUT2D eigenvalue weighted by Gasteiger charge is 2.31. The molecule has 3 aromatic rings. The Morgan fingerprint density at radius 3 is 2.21 bits per heavy atom. The number of Topliss-reactive ketones (excluding diaryl/α,β-unsaturated/α-hetero) is 2. The summed E-state index contributed by atoms with van der Waals surface area (Å²) in [6, 6.07) is 9.01. The van der Waals surface area contributed by atoms with Crippen molar-refractivity contribution < 1.29 is 41.8 Å². The molecule has 230 valence electrons.